The summed E-state index contributed by atoms with van der Waals surface area (Å²) in [5.74, 6) is 0. The van der Waals surface area contributed by atoms with Gasteiger partial charge in [0.05, 0.1) is 16.9 Å². The Hall–Kier alpha value is -1.59. The first-order valence-electron chi connectivity index (χ1n) is 8.47. The molecule has 1 aliphatic rings. The molecule has 0 radical (unpaired) electrons. The van der Waals surface area contributed by atoms with Gasteiger partial charge in [0.25, 0.3) is 0 Å². The smallest absolute Gasteiger partial charge is 0.399 e. The summed E-state index contributed by atoms with van der Waals surface area (Å²) >= 11 is 0. The molecular weight excluding hydrogens is 299 g/mol. The highest BCUT2D eigenvalue weighted by atomic mass is 16.7. The molecule has 0 aliphatic carbocycles. The molecule has 1 saturated heterocycles. The topological polar surface area (TPSA) is 42.9 Å². The fraction of sp³-hybridized carbons (Fsp3) is 0.526. The maximum Gasteiger partial charge on any atom is 0.495 e. The predicted octanol–water partition coefficient (Wildman–Crippen LogP) is 4.05. The summed E-state index contributed by atoms with van der Waals surface area (Å²) < 4.78 is 12.4. The van der Waals surface area contributed by atoms with Gasteiger partial charge in [-0.25, -0.2) is 0 Å². The SMILES string of the molecule is C/C=N\C(C)=C(\C)Nc1cccc(B2OC(C)(C)C(C)(C)O2)c1C. The molecule has 1 fully saturated rings. The van der Waals surface area contributed by atoms with Crippen LogP contribution in [-0.2, 0) is 9.31 Å². The number of anilines is 1. The van der Waals surface area contributed by atoms with Crippen LogP contribution in [0.25, 0.3) is 0 Å². The molecule has 0 spiro atoms. The first kappa shape index (κ1) is 18.7. The normalized spacial score (nSPS) is 20.4. The van der Waals surface area contributed by atoms with E-state index in [1.54, 1.807) is 6.21 Å². The Morgan fingerprint density at radius 1 is 1.12 bits per heavy atom. The highest BCUT2D eigenvalue weighted by Crippen LogP contribution is 2.37. The lowest BCUT2D eigenvalue weighted by molar-refractivity contribution is 0.00578. The van der Waals surface area contributed by atoms with Gasteiger partial charge in [0.1, 0.15) is 0 Å². The van der Waals surface area contributed by atoms with Crippen molar-refractivity contribution in [2.24, 2.45) is 4.99 Å². The zero-order valence-electron chi connectivity index (χ0n) is 16.2. The van der Waals surface area contributed by atoms with Crippen LogP contribution in [0.3, 0.4) is 0 Å². The van der Waals surface area contributed by atoms with Crippen LogP contribution >= 0.6 is 0 Å². The fourth-order valence-corrected chi connectivity index (χ4v) is 2.60. The average Bonchev–Trinajstić information content (AvgIpc) is 2.69. The molecule has 1 N–H and O–H groups in total. The van der Waals surface area contributed by atoms with Gasteiger partial charge < -0.3 is 14.6 Å². The predicted molar refractivity (Wildman–Crippen MR) is 103 cm³/mol. The van der Waals surface area contributed by atoms with E-state index in [-0.39, 0.29) is 18.3 Å². The Kier molecular flexibility index (Phi) is 5.26. The molecule has 130 valence electrons. The van der Waals surface area contributed by atoms with Crippen LogP contribution < -0.4 is 10.8 Å². The molecule has 4 nitrogen and oxygen atoms in total. The molecule has 1 heterocycles. The van der Waals surface area contributed by atoms with Gasteiger partial charge >= 0.3 is 7.12 Å². The molecular formula is C19H29BN2O2. The number of aliphatic imine (C=N–C) groups is 1. The minimum absolute atomic E-state index is 0.338. The molecule has 0 amide bonds. The maximum absolute atomic E-state index is 6.19. The summed E-state index contributed by atoms with van der Waals surface area (Å²) in [7, 11) is -0.351. The number of hydrogen-bond acceptors (Lipinski definition) is 4. The van der Waals surface area contributed by atoms with Crippen LogP contribution in [0, 0.1) is 6.92 Å². The van der Waals surface area contributed by atoms with Gasteiger partial charge in [-0.05, 0) is 72.5 Å². The van der Waals surface area contributed by atoms with Crippen LogP contribution in [-0.4, -0.2) is 24.5 Å². The third-order valence-electron chi connectivity index (χ3n) is 5.07. The first-order chi connectivity index (χ1) is 11.1. The average molecular weight is 328 g/mol. The van der Waals surface area contributed by atoms with E-state index in [2.05, 4.69) is 57.1 Å². The molecule has 5 heteroatoms. The highest BCUT2D eigenvalue weighted by Gasteiger charge is 2.52. The molecule has 1 aliphatic heterocycles. The number of nitrogens with zero attached hydrogens (tertiary/aromatic N) is 1. The standard InChI is InChI=1S/C19H29BN2O2/c1-9-21-14(3)15(4)22-17-12-10-11-16(13(17)2)20-23-18(5,6)19(7,8)24-20/h9-12,22H,1-8H3/b15-14-,21-9-. The molecule has 0 unspecified atom stereocenters. The quantitative estimate of drug-likeness (QED) is 0.670. The summed E-state index contributed by atoms with van der Waals surface area (Å²) in [6, 6.07) is 6.16. The van der Waals surface area contributed by atoms with E-state index in [1.807, 2.05) is 26.8 Å². The van der Waals surface area contributed by atoms with E-state index in [0.29, 0.717) is 0 Å². The number of benzene rings is 1. The van der Waals surface area contributed by atoms with E-state index < -0.39 is 0 Å². The highest BCUT2D eigenvalue weighted by molar-refractivity contribution is 6.62. The summed E-state index contributed by atoms with van der Waals surface area (Å²) in [5, 5.41) is 3.45. The molecule has 0 aromatic heterocycles. The summed E-state index contributed by atoms with van der Waals surface area (Å²) in [6.07, 6.45) is 1.80. The van der Waals surface area contributed by atoms with E-state index in [0.717, 1.165) is 28.1 Å². The van der Waals surface area contributed by atoms with Crippen LogP contribution in [0.2, 0.25) is 0 Å². The number of hydrogen-bond donors (Lipinski definition) is 1. The first-order valence-corrected chi connectivity index (χ1v) is 8.47. The van der Waals surface area contributed by atoms with Gasteiger partial charge in [0, 0.05) is 17.6 Å². The molecule has 1 aromatic carbocycles. The number of rotatable bonds is 4. The Balaban J connectivity index is 2.32. The van der Waals surface area contributed by atoms with Crippen LogP contribution in [0.4, 0.5) is 5.69 Å². The van der Waals surface area contributed by atoms with Crippen molar-refractivity contribution in [2.75, 3.05) is 5.32 Å². The second-order valence-electron chi connectivity index (χ2n) is 7.33. The second kappa shape index (κ2) is 6.73. The van der Waals surface area contributed by atoms with Crippen LogP contribution in [0.15, 0.2) is 34.6 Å². The van der Waals surface area contributed by atoms with Gasteiger partial charge in [-0.2, -0.15) is 0 Å². The number of nitrogens with one attached hydrogen (secondary N) is 1. The Labute approximate surface area is 146 Å². The van der Waals surface area contributed by atoms with Gasteiger partial charge in [-0.3, -0.25) is 4.99 Å². The zero-order valence-corrected chi connectivity index (χ0v) is 16.2. The molecule has 2 rings (SSSR count). The van der Waals surface area contributed by atoms with Crippen LogP contribution in [0.5, 0.6) is 0 Å². The molecule has 0 bridgehead atoms. The Morgan fingerprint density at radius 2 is 1.71 bits per heavy atom. The van der Waals surface area contributed by atoms with Crippen molar-refractivity contribution >= 4 is 24.5 Å². The van der Waals surface area contributed by atoms with E-state index in [1.165, 1.54) is 0 Å². The second-order valence-corrected chi connectivity index (χ2v) is 7.33. The molecule has 1 aromatic rings. The lowest BCUT2D eigenvalue weighted by atomic mass is 9.76. The maximum atomic E-state index is 6.19. The Bertz CT molecular complexity index is 662. The minimum atomic E-state index is -0.351. The summed E-state index contributed by atoms with van der Waals surface area (Å²) in [4.78, 5) is 4.33. The van der Waals surface area contributed by atoms with Gasteiger partial charge in [0.2, 0.25) is 0 Å². The monoisotopic (exact) mass is 328 g/mol. The van der Waals surface area contributed by atoms with E-state index in [9.17, 15) is 0 Å². The van der Waals surface area contributed by atoms with Crippen molar-refractivity contribution in [1.82, 2.24) is 0 Å². The van der Waals surface area contributed by atoms with Crippen molar-refractivity contribution in [1.29, 1.82) is 0 Å². The summed E-state index contributed by atoms with van der Waals surface area (Å²) in [5.41, 5.74) is 4.56. The van der Waals surface area contributed by atoms with Gasteiger partial charge in [-0.15, -0.1) is 0 Å². The van der Waals surface area contributed by atoms with Crippen molar-refractivity contribution in [3.8, 4) is 0 Å². The lowest BCUT2D eigenvalue weighted by Gasteiger charge is -2.32. The zero-order chi connectivity index (χ0) is 18.1. The van der Waals surface area contributed by atoms with Crippen molar-refractivity contribution < 1.29 is 9.31 Å². The van der Waals surface area contributed by atoms with Crippen LogP contribution in [0.1, 0.15) is 54.0 Å². The van der Waals surface area contributed by atoms with Gasteiger partial charge in [-0.1, -0.05) is 12.1 Å². The minimum Gasteiger partial charge on any atom is -0.399 e. The van der Waals surface area contributed by atoms with Gasteiger partial charge in [0.15, 0.2) is 0 Å². The summed E-state index contributed by atoms with van der Waals surface area (Å²) in [6.45, 7) is 16.3. The fourth-order valence-electron chi connectivity index (χ4n) is 2.60. The van der Waals surface area contributed by atoms with E-state index >= 15 is 0 Å². The molecule has 0 atom stereocenters. The van der Waals surface area contributed by atoms with E-state index in [4.69, 9.17) is 9.31 Å². The van der Waals surface area contributed by atoms with Crippen molar-refractivity contribution in [2.45, 2.75) is 66.6 Å². The number of allylic oxidation sites excluding steroid dienone is 2. The molecule has 24 heavy (non-hydrogen) atoms. The largest absolute Gasteiger partial charge is 0.495 e. The van der Waals surface area contributed by atoms with Crippen molar-refractivity contribution in [3.63, 3.8) is 0 Å². The Morgan fingerprint density at radius 3 is 2.25 bits per heavy atom. The third kappa shape index (κ3) is 3.57. The third-order valence-corrected chi connectivity index (χ3v) is 5.07. The van der Waals surface area contributed by atoms with Crippen molar-refractivity contribution in [3.05, 3.63) is 35.2 Å². The molecule has 0 saturated carbocycles. The lowest BCUT2D eigenvalue weighted by Crippen LogP contribution is -2.41.